The van der Waals surface area contributed by atoms with Crippen LogP contribution in [0.5, 0.6) is 11.5 Å². The molecule has 1 aromatic rings. The highest BCUT2D eigenvalue weighted by molar-refractivity contribution is 5.89. The number of rotatable bonds is 8. The lowest BCUT2D eigenvalue weighted by atomic mass is 10.2. The first-order chi connectivity index (χ1) is 10.4. The van der Waals surface area contributed by atoms with Gasteiger partial charge >= 0.3 is 5.97 Å². The molecule has 0 fully saturated rings. The molecule has 0 aliphatic carbocycles. The first-order valence-electron chi connectivity index (χ1n) is 6.74. The number of methoxy groups -OCH3 is 1. The normalized spacial score (nSPS) is 11.4. The van der Waals surface area contributed by atoms with E-state index in [1.807, 2.05) is 0 Å². The fraction of sp³-hybridized carbons (Fsp3) is 0.400. The van der Waals surface area contributed by atoms with Crippen molar-refractivity contribution >= 4 is 17.7 Å². The molecule has 1 amide bonds. The Kier molecular flexibility index (Phi) is 6.88. The first-order valence-corrected chi connectivity index (χ1v) is 6.74. The van der Waals surface area contributed by atoms with Crippen LogP contribution in [-0.4, -0.2) is 42.5 Å². The minimum absolute atomic E-state index is 0.00916. The van der Waals surface area contributed by atoms with Crippen molar-refractivity contribution < 1.29 is 29.0 Å². The zero-order valence-corrected chi connectivity index (χ0v) is 12.5. The summed E-state index contributed by atoms with van der Waals surface area (Å²) < 4.78 is 9.79. The van der Waals surface area contributed by atoms with E-state index in [1.165, 1.54) is 31.4 Å². The van der Waals surface area contributed by atoms with Gasteiger partial charge in [-0.05, 0) is 31.2 Å². The number of phenolic OH excluding ortho intramolecular Hbond substituents is 1. The van der Waals surface area contributed by atoms with Gasteiger partial charge in [0.25, 0.3) is 5.91 Å². The molecule has 0 heterocycles. The summed E-state index contributed by atoms with van der Waals surface area (Å²) in [6.07, 6.45) is -0.789. The van der Waals surface area contributed by atoms with Crippen LogP contribution in [0.1, 0.15) is 19.8 Å². The van der Waals surface area contributed by atoms with Gasteiger partial charge in [0.2, 0.25) is 0 Å². The van der Waals surface area contributed by atoms with Crippen LogP contribution >= 0.6 is 0 Å². The highest BCUT2D eigenvalue weighted by atomic mass is 16.5. The molecule has 1 unspecified atom stereocenters. The van der Waals surface area contributed by atoms with Crippen molar-refractivity contribution in [1.29, 1.82) is 0 Å². The maximum Gasteiger partial charge on any atom is 0.305 e. The van der Waals surface area contributed by atoms with Crippen LogP contribution in [0.4, 0.5) is 0 Å². The molecule has 0 aliphatic rings. The molecule has 1 atom stereocenters. The van der Waals surface area contributed by atoms with E-state index < -0.39 is 18.0 Å². The summed E-state index contributed by atoms with van der Waals surface area (Å²) in [7, 11) is 1.25. The summed E-state index contributed by atoms with van der Waals surface area (Å²) in [5.41, 5.74) is 0. The average molecular weight is 309 g/mol. The van der Waals surface area contributed by atoms with Crippen LogP contribution < -0.4 is 10.1 Å². The second kappa shape index (κ2) is 8.66. The molecule has 1 rings (SSSR count). The third kappa shape index (κ3) is 6.25. The van der Waals surface area contributed by atoms with Crippen molar-refractivity contribution in [3.63, 3.8) is 0 Å². The highest BCUT2D eigenvalue weighted by Crippen LogP contribution is 2.17. The number of hydrogen-bond acceptors (Lipinski definition) is 6. The highest BCUT2D eigenvalue weighted by Gasteiger charge is 2.16. The second-order valence-corrected chi connectivity index (χ2v) is 4.59. The molecule has 7 nitrogen and oxygen atoms in total. The number of aromatic hydroxyl groups is 1. The number of benzene rings is 1. The lowest BCUT2D eigenvalue weighted by Gasteiger charge is -2.14. The molecular weight excluding hydrogens is 290 g/mol. The van der Waals surface area contributed by atoms with E-state index in [2.05, 4.69) is 10.1 Å². The molecule has 0 bridgehead atoms. The molecule has 0 saturated heterocycles. The van der Waals surface area contributed by atoms with Gasteiger partial charge in [0.05, 0.1) is 20.1 Å². The van der Waals surface area contributed by atoms with Gasteiger partial charge in [0.15, 0.2) is 11.9 Å². The van der Waals surface area contributed by atoms with Crippen molar-refractivity contribution in [1.82, 2.24) is 5.32 Å². The zero-order chi connectivity index (χ0) is 16.5. The number of amides is 1. The second-order valence-electron chi connectivity index (χ2n) is 4.59. The van der Waals surface area contributed by atoms with Crippen LogP contribution in [0.3, 0.4) is 0 Å². The van der Waals surface area contributed by atoms with E-state index in [0.717, 1.165) is 0 Å². The lowest BCUT2D eigenvalue weighted by molar-refractivity contribution is -0.141. The SMILES string of the molecule is COC(=O)CCC(=O)CNC(=O)C(C)Oc1ccc(O)cc1. The summed E-state index contributed by atoms with van der Waals surface area (Å²) in [5, 5.41) is 11.6. The van der Waals surface area contributed by atoms with E-state index in [4.69, 9.17) is 9.84 Å². The van der Waals surface area contributed by atoms with Crippen LogP contribution in [0.25, 0.3) is 0 Å². The number of esters is 1. The molecule has 7 heteroatoms. The number of nitrogens with one attached hydrogen (secondary N) is 1. The van der Waals surface area contributed by atoms with Crippen LogP contribution in [0, 0.1) is 0 Å². The Balaban J connectivity index is 2.33. The zero-order valence-electron chi connectivity index (χ0n) is 12.5. The molecule has 120 valence electrons. The fourth-order valence-corrected chi connectivity index (χ4v) is 1.54. The van der Waals surface area contributed by atoms with Crippen molar-refractivity contribution in [2.75, 3.05) is 13.7 Å². The van der Waals surface area contributed by atoms with Crippen LogP contribution in [-0.2, 0) is 19.1 Å². The summed E-state index contributed by atoms with van der Waals surface area (Å²) >= 11 is 0. The smallest absolute Gasteiger partial charge is 0.305 e. The predicted molar refractivity (Wildman–Crippen MR) is 77.5 cm³/mol. The summed E-state index contributed by atoms with van der Waals surface area (Å²) in [6.45, 7) is 1.38. The Morgan fingerprint density at radius 3 is 2.41 bits per heavy atom. The molecule has 0 aromatic heterocycles. The molecule has 2 N–H and O–H groups in total. The standard InChI is InChI=1S/C15H19NO6/c1-10(22-13-6-3-11(17)4-7-13)15(20)16-9-12(18)5-8-14(19)21-2/h3-4,6-7,10,17H,5,8-9H2,1-2H3,(H,16,20). The Labute approximate surface area is 128 Å². The average Bonchev–Trinajstić information content (AvgIpc) is 2.52. The number of carbonyl (C=O) groups is 3. The minimum Gasteiger partial charge on any atom is -0.508 e. The fourth-order valence-electron chi connectivity index (χ4n) is 1.54. The molecule has 0 aliphatic heterocycles. The lowest BCUT2D eigenvalue weighted by Crippen LogP contribution is -2.39. The van der Waals surface area contributed by atoms with E-state index >= 15 is 0 Å². The van der Waals surface area contributed by atoms with Crippen LogP contribution in [0.15, 0.2) is 24.3 Å². The van der Waals surface area contributed by atoms with E-state index in [-0.39, 0.29) is 30.9 Å². The third-order valence-electron chi connectivity index (χ3n) is 2.81. The van der Waals surface area contributed by atoms with Crippen molar-refractivity contribution in [3.8, 4) is 11.5 Å². The summed E-state index contributed by atoms with van der Waals surface area (Å²) in [5.74, 6) is -0.656. The maximum absolute atomic E-state index is 11.8. The number of hydrogen-bond donors (Lipinski definition) is 2. The number of phenols is 1. The van der Waals surface area contributed by atoms with Gasteiger partial charge in [0, 0.05) is 6.42 Å². The molecule has 1 aromatic carbocycles. The Morgan fingerprint density at radius 1 is 1.18 bits per heavy atom. The Morgan fingerprint density at radius 2 is 1.82 bits per heavy atom. The molecule has 0 saturated carbocycles. The molecule has 0 spiro atoms. The van der Waals surface area contributed by atoms with Gasteiger partial charge in [-0.3, -0.25) is 14.4 Å². The van der Waals surface area contributed by atoms with Crippen LogP contribution in [0.2, 0.25) is 0 Å². The Hall–Kier alpha value is -2.57. The van der Waals surface area contributed by atoms with Crippen molar-refractivity contribution in [2.45, 2.75) is 25.9 Å². The largest absolute Gasteiger partial charge is 0.508 e. The van der Waals surface area contributed by atoms with Gasteiger partial charge in [-0.2, -0.15) is 0 Å². The quantitative estimate of drug-likeness (QED) is 0.689. The predicted octanol–water partition coefficient (Wildman–Crippen LogP) is 0.798. The van der Waals surface area contributed by atoms with Gasteiger partial charge in [-0.1, -0.05) is 0 Å². The van der Waals surface area contributed by atoms with Gasteiger partial charge in [0.1, 0.15) is 11.5 Å². The maximum atomic E-state index is 11.8. The number of ketones is 1. The van der Waals surface area contributed by atoms with E-state index in [1.54, 1.807) is 6.92 Å². The Bertz CT molecular complexity index is 525. The number of carbonyl (C=O) groups excluding carboxylic acids is 3. The third-order valence-corrected chi connectivity index (χ3v) is 2.81. The topological polar surface area (TPSA) is 102 Å². The van der Waals surface area contributed by atoms with E-state index in [9.17, 15) is 14.4 Å². The van der Waals surface area contributed by atoms with E-state index in [0.29, 0.717) is 5.75 Å². The summed E-state index contributed by atoms with van der Waals surface area (Å²) in [4.78, 5) is 34.2. The monoisotopic (exact) mass is 309 g/mol. The summed E-state index contributed by atoms with van der Waals surface area (Å²) in [6, 6.07) is 5.94. The molecular formula is C15H19NO6. The van der Waals surface area contributed by atoms with Gasteiger partial charge < -0.3 is 19.9 Å². The van der Waals surface area contributed by atoms with Crippen molar-refractivity contribution in [3.05, 3.63) is 24.3 Å². The molecule has 0 radical (unpaired) electrons. The first kappa shape index (κ1) is 17.5. The van der Waals surface area contributed by atoms with Crippen molar-refractivity contribution in [2.24, 2.45) is 0 Å². The van der Waals surface area contributed by atoms with Gasteiger partial charge in [-0.25, -0.2) is 0 Å². The molecule has 22 heavy (non-hydrogen) atoms. The minimum atomic E-state index is -0.794. The number of ether oxygens (including phenoxy) is 2. The van der Waals surface area contributed by atoms with Gasteiger partial charge in [-0.15, -0.1) is 0 Å². The number of Topliss-reactive ketones (excluding diaryl/α,β-unsaturated/α-hetero) is 1.